The average Bonchev–Trinajstić information content (AvgIpc) is 2.97. The number of rotatable bonds is 3. The molecule has 0 fully saturated rings. The van der Waals surface area contributed by atoms with Crippen molar-refractivity contribution in [1.29, 1.82) is 0 Å². The smallest absolute Gasteiger partial charge is 0.160 e. The van der Waals surface area contributed by atoms with E-state index in [1.165, 1.54) is 11.3 Å². The molecule has 0 spiro atoms. The Kier molecular flexibility index (Phi) is 3.21. The summed E-state index contributed by atoms with van der Waals surface area (Å²) in [6, 6.07) is 14.2. The van der Waals surface area contributed by atoms with Gasteiger partial charge in [-0.2, -0.15) is 0 Å². The van der Waals surface area contributed by atoms with Crippen LogP contribution in [0.5, 0.6) is 0 Å². The van der Waals surface area contributed by atoms with Crippen molar-refractivity contribution in [3.63, 3.8) is 0 Å². The number of aldehydes is 1. The SMILES string of the molecule is O=Cc1cc(-c2ccc(-c3ccncc3)cc2)cs1. The fourth-order valence-corrected chi connectivity index (χ4v) is 2.68. The average molecular weight is 265 g/mol. The van der Waals surface area contributed by atoms with Crippen molar-refractivity contribution in [1.82, 2.24) is 4.98 Å². The number of hydrogen-bond donors (Lipinski definition) is 0. The Morgan fingerprint density at radius 1 is 0.842 bits per heavy atom. The molecule has 0 aliphatic heterocycles. The summed E-state index contributed by atoms with van der Waals surface area (Å²) in [5, 5.41) is 2.01. The predicted molar refractivity (Wildman–Crippen MR) is 78.4 cm³/mol. The molecule has 2 nitrogen and oxygen atoms in total. The highest BCUT2D eigenvalue weighted by Crippen LogP contribution is 2.27. The van der Waals surface area contributed by atoms with E-state index in [2.05, 4.69) is 29.2 Å². The number of carbonyl (C=O) groups excluding carboxylic acids is 1. The first-order chi connectivity index (χ1) is 9.36. The second-order valence-corrected chi connectivity index (χ2v) is 5.11. The Bertz CT molecular complexity index is 686. The van der Waals surface area contributed by atoms with Crippen LogP contribution in [0.4, 0.5) is 0 Å². The molecule has 0 radical (unpaired) electrons. The van der Waals surface area contributed by atoms with E-state index >= 15 is 0 Å². The lowest BCUT2D eigenvalue weighted by Gasteiger charge is -2.02. The van der Waals surface area contributed by atoms with Crippen LogP contribution in [0.2, 0.25) is 0 Å². The summed E-state index contributed by atoms with van der Waals surface area (Å²) in [7, 11) is 0. The second kappa shape index (κ2) is 5.16. The van der Waals surface area contributed by atoms with Crippen LogP contribution in [0.15, 0.2) is 60.2 Å². The number of aromatic nitrogens is 1. The van der Waals surface area contributed by atoms with Gasteiger partial charge < -0.3 is 0 Å². The second-order valence-electron chi connectivity index (χ2n) is 4.17. The fourth-order valence-electron chi connectivity index (χ4n) is 1.97. The predicted octanol–water partition coefficient (Wildman–Crippen LogP) is 4.29. The zero-order valence-electron chi connectivity index (χ0n) is 10.1. The minimum atomic E-state index is 0.758. The van der Waals surface area contributed by atoms with E-state index in [-0.39, 0.29) is 0 Å². The van der Waals surface area contributed by atoms with Crippen LogP contribution in [0.3, 0.4) is 0 Å². The van der Waals surface area contributed by atoms with Crippen LogP contribution in [0, 0.1) is 0 Å². The van der Waals surface area contributed by atoms with Crippen molar-refractivity contribution in [3.8, 4) is 22.3 Å². The van der Waals surface area contributed by atoms with Crippen LogP contribution in [0.25, 0.3) is 22.3 Å². The van der Waals surface area contributed by atoms with Crippen LogP contribution in [-0.2, 0) is 0 Å². The quantitative estimate of drug-likeness (QED) is 0.661. The van der Waals surface area contributed by atoms with E-state index in [1.54, 1.807) is 12.4 Å². The third kappa shape index (κ3) is 2.46. The van der Waals surface area contributed by atoms with Crippen molar-refractivity contribution in [3.05, 3.63) is 65.1 Å². The van der Waals surface area contributed by atoms with Crippen molar-refractivity contribution >= 4 is 17.6 Å². The topological polar surface area (TPSA) is 30.0 Å². The summed E-state index contributed by atoms with van der Waals surface area (Å²) in [5.74, 6) is 0. The molecule has 2 aromatic heterocycles. The van der Waals surface area contributed by atoms with Gasteiger partial charge in [0.25, 0.3) is 0 Å². The van der Waals surface area contributed by atoms with E-state index in [4.69, 9.17) is 0 Å². The van der Waals surface area contributed by atoms with Gasteiger partial charge in [-0.3, -0.25) is 9.78 Å². The molecular formula is C16H11NOS. The summed E-state index contributed by atoms with van der Waals surface area (Å²) in [6.45, 7) is 0. The Morgan fingerprint density at radius 3 is 2.00 bits per heavy atom. The van der Waals surface area contributed by atoms with Crippen molar-refractivity contribution < 1.29 is 4.79 Å². The lowest BCUT2D eigenvalue weighted by molar-refractivity contribution is 0.112. The number of pyridine rings is 1. The zero-order chi connectivity index (χ0) is 13.1. The molecule has 0 amide bonds. The molecule has 3 heteroatoms. The third-order valence-corrected chi connectivity index (χ3v) is 3.83. The van der Waals surface area contributed by atoms with E-state index < -0.39 is 0 Å². The molecule has 1 aromatic carbocycles. The summed E-state index contributed by atoms with van der Waals surface area (Å²) < 4.78 is 0. The fraction of sp³-hybridized carbons (Fsp3) is 0. The molecule has 0 saturated heterocycles. The van der Waals surface area contributed by atoms with Crippen molar-refractivity contribution in [2.45, 2.75) is 0 Å². The van der Waals surface area contributed by atoms with Crippen LogP contribution in [0.1, 0.15) is 9.67 Å². The molecule has 0 aliphatic carbocycles. The first kappa shape index (κ1) is 11.8. The van der Waals surface area contributed by atoms with Crippen LogP contribution in [-0.4, -0.2) is 11.3 Å². The Labute approximate surface area is 115 Å². The van der Waals surface area contributed by atoms with E-state index in [0.29, 0.717) is 0 Å². The number of carbonyl (C=O) groups is 1. The van der Waals surface area contributed by atoms with Gasteiger partial charge in [0, 0.05) is 12.4 Å². The van der Waals surface area contributed by atoms with E-state index in [1.807, 2.05) is 23.6 Å². The molecule has 19 heavy (non-hydrogen) atoms. The highest BCUT2D eigenvalue weighted by atomic mass is 32.1. The maximum absolute atomic E-state index is 10.7. The van der Waals surface area contributed by atoms with Gasteiger partial charge in [0.05, 0.1) is 4.88 Å². The largest absolute Gasteiger partial charge is 0.297 e. The normalized spacial score (nSPS) is 10.3. The van der Waals surface area contributed by atoms with Gasteiger partial charge in [0.2, 0.25) is 0 Å². The molecule has 0 atom stereocenters. The Morgan fingerprint density at radius 2 is 1.42 bits per heavy atom. The molecule has 0 N–H and O–H groups in total. The van der Waals surface area contributed by atoms with Gasteiger partial charge in [-0.25, -0.2) is 0 Å². The number of benzene rings is 1. The number of nitrogens with zero attached hydrogens (tertiary/aromatic N) is 1. The molecule has 3 aromatic rings. The van der Waals surface area contributed by atoms with Crippen molar-refractivity contribution in [2.24, 2.45) is 0 Å². The molecule has 0 unspecified atom stereocenters. The van der Waals surface area contributed by atoms with Gasteiger partial charge in [-0.1, -0.05) is 24.3 Å². The summed E-state index contributed by atoms with van der Waals surface area (Å²) >= 11 is 1.47. The van der Waals surface area contributed by atoms with E-state index in [0.717, 1.165) is 33.4 Å². The maximum atomic E-state index is 10.7. The molecule has 0 saturated carbocycles. The lowest BCUT2D eigenvalue weighted by atomic mass is 10.0. The highest BCUT2D eigenvalue weighted by molar-refractivity contribution is 7.12. The molecule has 2 heterocycles. The minimum Gasteiger partial charge on any atom is -0.297 e. The van der Waals surface area contributed by atoms with Gasteiger partial charge in [0.1, 0.15) is 0 Å². The molecule has 92 valence electrons. The standard InChI is InChI=1S/C16H11NOS/c18-10-16-9-15(11-19-16)13-3-1-12(2-4-13)14-5-7-17-8-6-14/h1-11H. The van der Waals surface area contributed by atoms with Crippen LogP contribution < -0.4 is 0 Å². The van der Waals surface area contributed by atoms with E-state index in [9.17, 15) is 4.79 Å². The monoisotopic (exact) mass is 265 g/mol. The molecule has 3 rings (SSSR count). The number of hydrogen-bond acceptors (Lipinski definition) is 3. The summed E-state index contributed by atoms with van der Waals surface area (Å²) in [4.78, 5) is 15.5. The molecular weight excluding hydrogens is 254 g/mol. The summed E-state index contributed by atoms with van der Waals surface area (Å²) in [5.41, 5.74) is 4.54. The highest BCUT2D eigenvalue weighted by Gasteiger charge is 2.03. The summed E-state index contributed by atoms with van der Waals surface area (Å²) in [6.07, 6.45) is 4.47. The van der Waals surface area contributed by atoms with Gasteiger partial charge >= 0.3 is 0 Å². The van der Waals surface area contributed by atoms with Crippen LogP contribution >= 0.6 is 11.3 Å². The Balaban J connectivity index is 1.92. The maximum Gasteiger partial charge on any atom is 0.160 e. The Hall–Kier alpha value is -2.26. The minimum absolute atomic E-state index is 0.758. The first-order valence-electron chi connectivity index (χ1n) is 5.91. The van der Waals surface area contributed by atoms with Gasteiger partial charge in [-0.15, -0.1) is 11.3 Å². The molecule has 0 aliphatic rings. The molecule has 0 bridgehead atoms. The van der Waals surface area contributed by atoms with Gasteiger partial charge in [0.15, 0.2) is 6.29 Å². The van der Waals surface area contributed by atoms with Crippen molar-refractivity contribution in [2.75, 3.05) is 0 Å². The van der Waals surface area contributed by atoms with Gasteiger partial charge in [-0.05, 0) is 45.8 Å². The zero-order valence-corrected chi connectivity index (χ0v) is 10.9. The first-order valence-corrected chi connectivity index (χ1v) is 6.79. The number of thiophene rings is 1. The third-order valence-electron chi connectivity index (χ3n) is 2.97. The lowest BCUT2D eigenvalue weighted by Crippen LogP contribution is -1.79.